The zero-order valence-corrected chi connectivity index (χ0v) is 16.1. The summed E-state index contributed by atoms with van der Waals surface area (Å²) >= 11 is 1.46. The monoisotopic (exact) mass is 412 g/mol. The maximum atomic E-state index is 13.3. The van der Waals surface area contributed by atoms with Gasteiger partial charge in [0.2, 0.25) is 5.91 Å². The highest BCUT2D eigenvalue weighted by molar-refractivity contribution is 7.13. The minimum absolute atomic E-state index is 0.0226. The molecular weight excluding hydrogens is 395 g/mol. The van der Waals surface area contributed by atoms with Crippen molar-refractivity contribution in [2.75, 3.05) is 6.54 Å². The lowest BCUT2D eigenvalue weighted by atomic mass is 10.3. The Balaban J connectivity index is 1.41. The molecule has 2 aromatic heterocycles. The molecule has 1 saturated heterocycles. The number of aromatic nitrogens is 3. The molecule has 5 rings (SSSR count). The Labute approximate surface area is 169 Å². The predicted molar refractivity (Wildman–Crippen MR) is 103 cm³/mol. The van der Waals surface area contributed by atoms with E-state index in [0.717, 1.165) is 17.7 Å². The van der Waals surface area contributed by atoms with Crippen LogP contribution in [0, 0.1) is 5.82 Å². The van der Waals surface area contributed by atoms with Crippen molar-refractivity contribution in [2.24, 2.45) is 0 Å². The Morgan fingerprint density at radius 3 is 2.69 bits per heavy atom. The van der Waals surface area contributed by atoms with E-state index in [9.17, 15) is 14.0 Å². The predicted octanol–water partition coefficient (Wildman–Crippen LogP) is 3.06. The molecule has 0 bridgehead atoms. The van der Waals surface area contributed by atoms with E-state index in [1.807, 2.05) is 17.5 Å². The summed E-state index contributed by atoms with van der Waals surface area (Å²) in [4.78, 5) is 31.7. The third kappa shape index (κ3) is 3.53. The second kappa shape index (κ2) is 7.07. The van der Waals surface area contributed by atoms with Crippen LogP contribution < -0.4 is 0 Å². The van der Waals surface area contributed by atoms with Gasteiger partial charge in [0.1, 0.15) is 11.9 Å². The molecule has 2 aliphatic rings. The number of likely N-dealkylation sites (tertiary alicyclic amines) is 1. The summed E-state index contributed by atoms with van der Waals surface area (Å²) in [5.41, 5.74) is 0.581. The second-order valence-electron chi connectivity index (χ2n) is 7.13. The number of hydrogen-bond donors (Lipinski definition) is 0. The first-order valence-electron chi connectivity index (χ1n) is 9.36. The van der Waals surface area contributed by atoms with Crippen molar-refractivity contribution in [3.8, 4) is 16.4 Å². The van der Waals surface area contributed by atoms with Crippen molar-refractivity contribution in [3.05, 3.63) is 53.4 Å². The fourth-order valence-corrected chi connectivity index (χ4v) is 4.14. The molecule has 29 heavy (non-hydrogen) atoms. The molecule has 1 aliphatic heterocycles. The van der Waals surface area contributed by atoms with Crippen LogP contribution in [0.2, 0.25) is 0 Å². The molecule has 1 saturated carbocycles. The van der Waals surface area contributed by atoms with Crippen LogP contribution in [0.4, 0.5) is 4.39 Å². The number of ether oxygens (including phenoxy) is 1. The number of rotatable bonds is 5. The molecule has 1 aromatic carbocycles. The molecular formula is C20H17FN4O3S. The molecule has 0 spiro atoms. The van der Waals surface area contributed by atoms with E-state index in [-0.39, 0.29) is 24.0 Å². The van der Waals surface area contributed by atoms with Crippen molar-refractivity contribution in [1.82, 2.24) is 19.7 Å². The molecule has 1 aliphatic carbocycles. The number of carbonyl (C=O) groups is 2. The standard InChI is InChI=1S/C20H17FN4O3S/c21-12-3-5-14(6-4-12)25-19(16-2-1-9-29-16)22-18(23-25)20(27)28-15-10-17(26)24(11-15)13-7-8-13/h1-6,9,13,15H,7-8,10-11H2. The molecule has 2 fully saturated rings. The van der Waals surface area contributed by atoms with Crippen molar-refractivity contribution >= 4 is 23.2 Å². The van der Waals surface area contributed by atoms with E-state index < -0.39 is 12.1 Å². The van der Waals surface area contributed by atoms with Crippen molar-refractivity contribution < 1.29 is 18.7 Å². The Kier molecular flexibility index (Phi) is 4.39. The van der Waals surface area contributed by atoms with Gasteiger partial charge in [0.05, 0.1) is 23.5 Å². The average molecular weight is 412 g/mol. The number of hydrogen-bond acceptors (Lipinski definition) is 6. The molecule has 1 amide bonds. The number of esters is 1. The Morgan fingerprint density at radius 2 is 2.00 bits per heavy atom. The van der Waals surface area contributed by atoms with Gasteiger partial charge in [0, 0.05) is 6.04 Å². The van der Waals surface area contributed by atoms with Crippen LogP contribution in [0.5, 0.6) is 0 Å². The summed E-state index contributed by atoms with van der Waals surface area (Å²) in [6.07, 6.45) is 1.73. The average Bonchev–Trinajstić information content (AvgIpc) is 3.09. The van der Waals surface area contributed by atoms with Crippen molar-refractivity contribution in [1.29, 1.82) is 0 Å². The van der Waals surface area contributed by atoms with Gasteiger partial charge in [-0.1, -0.05) is 6.07 Å². The quantitative estimate of drug-likeness (QED) is 0.602. The number of amides is 1. The minimum atomic E-state index is -0.667. The lowest BCUT2D eigenvalue weighted by Gasteiger charge is -2.15. The molecule has 1 atom stereocenters. The third-order valence-corrected chi connectivity index (χ3v) is 5.85. The maximum absolute atomic E-state index is 13.3. The fourth-order valence-electron chi connectivity index (χ4n) is 3.45. The van der Waals surface area contributed by atoms with Gasteiger partial charge in [0.15, 0.2) is 5.82 Å². The van der Waals surface area contributed by atoms with Gasteiger partial charge in [-0.05, 0) is 48.6 Å². The highest BCUT2D eigenvalue weighted by atomic mass is 32.1. The fraction of sp³-hybridized carbons (Fsp3) is 0.300. The topological polar surface area (TPSA) is 77.3 Å². The molecule has 7 nitrogen and oxygen atoms in total. The van der Waals surface area contributed by atoms with Crippen molar-refractivity contribution in [3.63, 3.8) is 0 Å². The lowest BCUT2D eigenvalue weighted by molar-refractivity contribution is -0.128. The molecule has 9 heteroatoms. The Bertz CT molecular complexity index is 1060. The van der Waals surface area contributed by atoms with E-state index in [1.54, 1.807) is 17.0 Å². The van der Waals surface area contributed by atoms with Crippen LogP contribution >= 0.6 is 11.3 Å². The van der Waals surface area contributed by atoms with Crippen LogP contribution in [0.1, 0.15) is 29.9 Å². The van der Waals surface area contributed by atoms with E-state index in [1.165, 1.54) is 28.2 Å². The molecule has 148 valence electrons. The first-order valence-corrected chi connectivity index (χ1v) is 10.2. The smallest absolute Gasteiger partial charge is 0.378 e. The number of halogens is 1. The van der Waals surface area contributed by atoms with Gasteiger partial charge in [0.25, 0.3) is 5.82 Å². The molecule has 3 aromatic rings. The van der Waals surface area contributed by atoms with Gasteiger partial charge in [-0.15, -0.1) is 16.4 Å². The van der Waals surface area contributed by atoms with Crippen LogP contribution in [0.3, 0.4) is 0 Å². The Morgan fingerprint density at radius 1 is 1.21 bits per heavy atom. The number of benzene rings is 1. The summed E-state index contributed by atoms with van der Waals surface area (Å²) in [5, 5.41) is 6.21. The minimum Gasteiger partial charge on any atom is -0.454 e. The Hall–Kier alpha value is -3.07. The first-order chi connectivity index (χ1) is 14.1. The summed E-state index contributed by atoms with van der Waals surface area (Å²) in [7, 11) is 0. The molecule has 1 unspecified atom stereocenters. The van der Waals surface area contributed by atoms with Gasteiger partial charge in [-0.3, -0.25) is 4.79 Å². The summed E-state index contributed by atoms with van der Waals surface area (Å²) < 4.78 is 20.3. The van der Waals surface area contributed by atoms with E-state index >= 15 is 0 Å². The largest absolute Gasteiger partial charge is 0.454 e. The summed E-state index contributed by atoms with van der Waals surface area (Å²) in [6, 6.07) is 9.82. The van der Waals surface area contributed by atoms with Gasteiger partial charge in [-0.2, -0.15) is 4.98 Å². The van der Waals surface area contributed by atoms with Gasteiger partial charge >= 0.3 is 5.97 Å². The highest BCUT2D eigenvalue weighted by Crippen LogP contribution is 2.32. The SMILES string of the molecule is O=C(OC1CC(=O)N(C2CC2)C1)c1nc(-c2cccs2)n(-c2ccc(F)cc2)n1. The van der Waals surface area contributed by atoms with E-state index in [0.29, 0.717) is 24.1 Å². The van der Waals surface area contributed by atoms with E-state index in [2.05, 4.69) is 10.1 Å². The summed E-state index contributed by atoms with van der Waals surface area (Å²) in [6.45, 7) is 0.422. The van der Waals surface area contributed by atoms with E-state index in [4.69, 9.17) is 4.74 Å². The molecule has 0 radical (unpaired) electrons. The van der Waals surface area contributed by atoms with Crippen LogP contribution in [-0.2, 0) is 9.53 Å². The maximum Gasteiger partial charge on any atom is 0.378 e. The van der Waals surface area contributed by atoms with Crippen LogP contribution in [-0.4, -0.2) is 50.2 Å². The number of carbonyl (C=O) groups excluding carboxylic acids is 2. The van der Waals surface area contributed by atoms with Crippen LogP contribution in [0.15, 0.2) is 41.8 Å². The van der Waals surface area contributed by atoms with Gasteiger partial charge in [-0.25, -0.2) is 13.9 Å². The molecule has 0 N–H and O–H groups in total. The normalized spacial score (nSPS) is 19.0. The number of thiophene rings is 1. The first kappa shape index (κ1) is 18.0. The lowest BCUT2D eigenvalue weighted by Crippen LogP contribution is -2.29. The zero-order chi connectivity index (χ0) is 20.0. The van der Waals surface area contributed by atoms with Crippen LogP contribution in [0.25, 0.3) is 16.4 Å². The highest BCUT2D eigenvalue weighted by Gasteiger charge is 2.41. The summed E-state index contributed by atoms with van der Waals surface area (Å²) in [5.74, 6) is -0.624. The molecule has 3 heterocycles. The van der Waals surface area contributed by atoms with Crippen molar-refractivity contribution in [2.45, 2.75) is 31.4 Å². The zero-order valence-electron chi connectivity index (χ0n) is 15.3. The second-order valence-corrected chi connectivity index (χ2v) is 8.08. The number of nitrogens with zero attached hydrogens (tertiary/aromatic N) is 4. The van der Waals surface area contributed by atoms with Gasteiger partial charge < -0.3 is 9.64 Å². The third-order valence-electron chi connectivity index (χ3n) is 4.99.